The van der Waals surface area contributed by atoms with E-state index in [1.54, 1.807) is 6.20 Å². The molecule has 0 aromatic carbocycles. The number of hydrogen-bond donors (Lipinski definition) is 2. The van der Waals surface area contributed by atoms with Crippen molar-refractivity contribution >= 4 is 0 Å². The molecule has 78 valence electrons. The molecule has 14 heavy (non-hydrogen) atoms. The standard InChI is InChI=1S/C10H18N4/c1-4-7(2)10(14-11)9-5-6-12-8(3)13-9/h5-7,10,14H,4,11H2,1-3H3. The van der Waals surface area contributed by atoms with Gasteiger partial charge in [0.1, 0.15) is 5.82 Å². The summed E-state index contributed by atoms with van der Waals surface area (Å²) in [6.45, 7) is 6.18. The molecule has 4 nitrogen and oxygen atoms in total. The number of nitrogens with one attached hydrogen (secondary N) is 1. The van der Waals surface area contributed by atoms with Gasteiger partial charge in [0, 0.05) is 6.20 Å². The van der Waals surface area contributed by atoms with E-state index in [9.17, 15) is 0 Å². The van der Waals surface area contributed by atoms with Crippen molar-refractivity contribution in [2.24, 2.45) is 11.8 Å². The molecule has 1 rings (SSSR count). The quantitative estimate of drug-likeness (QED) is 0.560. The lowest BCUT2D eigenvalue weighted by molar-refractivity contribution is 0.374. The zero-order chi connectivity index (χ0) is 10.6. The smallest absolute Gasteiger partial charge is 0.125 e. The lowest BCUT2D eigenvalue weighted by Crippen LogP contribution is -2.33. The zero-order valence-electron chi connectivity index (χ0n) is 8.99. The molecule has 0 saturated heterocycles. The van der Waals surface area contributed by atoms with E-state index in [1.807, 2.05) is 13.0 Å². The van der Waals surface area contributed by atoms with Crippen molar-refractivity contribution in [1.29, 1.82) is 0 Å². The molecule has 2 atom stereocenters. The largest absolute Gasteiger partial charge is 0.271 e. The lowest BCUT2D eigenvalue weighted by Gasteiger charge is -2.21. The molecule has 0 amide bonds. The Morgan fingerprint density at radius 2 is 2.29 bits per heavy atom. The van der Waals surface area contributed by atoms with Gasteiger partial charge in [-0.1, -0.05) is 20.3 Å². The maximum absolute atomic E-state index is 5.52. The molecule has 2 unspecified atom stereocenters. The van der Waals surface area contributed by atoms with Crippen LogP contribution in [-0.2, 0) is 0 Å². The van der Waals surface area contributed by atoms with Crippen molar-refractivity contribution in [3.63, 3.8) is 0 Å². The first kappa shape index (κ1) is 11.1. The number of aryl methyl sites for hydroxylation is 1. The summed E-state index contributed by atoms with van der Waals surface area (Å²) in [7, 11) is 0. The van der Waals surface area contributed by atoms with Gasteiger partial charge in [-0.25, -0.2) is 9.97 Å². The summed E-state index contributed by atoms with van der Waals surface area (Å²) in [5.74, 6) is 6.77. The SMILES string of the molecule is CCC(C)C(NN)c1ccnc(C)n1. The minimum absolute atomic E-state index is 0.113. The van der Waals surface area contributed by atoms with E-state index in [2.05, 4.69) is 29.2 Å². The second kappa shape index (κ2) is 5.02. The van der Waals surface area contributed by atoms with Gasteiger partial charge in [0.15, 0.2) is 0 Å². The Morgan fingerprint density at radius 1 is 1.57 bits per heavy atom. The van der Waals surface area contributed by atoms with E-state index < -0.39 is 0 Å². The van der Waals surface area contributed by atoms with E-state index in [1.165, 1.54) is 0 Å². The highest BCUT2D eigenvalue weighted by Gasteiger charge is 2.17. The molecular weight excluding hydrogens is 176 g/mol. The third-order valence-electron chi connectivity index (χ3n) is 2.51. The van der Waals surface area contributed by atoms with Crippen LogP contribution in [-0.4, -0.2) is 9.97 Å². The summed E-state index contributed by atoms with van der Waals surface area (Å²) < 4.78 is 0. The summed E-state index contributed by atoms with van der Waals surface area (Å²) in [6, 6.07) is 2.02. The number of aromatic nitrogens is 2. The van der Waals surface area contributed by atoms with Gasteiger partial charge < -0.3 is 0 Å². The fourth-order valence-electron chi connectivity index (χ4n) is 1.42. The first-order valence-corrected chi connectivity index (χ1v) is 4.94. The normalized spacial score (nSPS) is 15.1. The van der Waals surface area contributed by atoms with E-state index in [4.69, 9.17) is 5.84 Å². The maximum Gasteiger partial charge on any atom is 0.125 e. The fraction of sp³-hybridized carbons (Fsp3) is 0.600. The van der Waals surface area contributed by atoms with Crippen LogP contribution in [0, 0.1) is 12.8 Å². The molecular formula is C10H18N4. The third-order valence-corrected chi connectivity index (χ3v) is 2.51. The molecule has 0 spiro atoms. The fourth-order valence-corrected chi connectivity index (χ4v) is 1.42. The number of nitrogens with two attached hydrogens (primary N) is 1. The average Bonchev–Trinajstić information content (AvgIpc) is 2.19. The molecule has 0 aliphatic heterocycles. The molecule has 1 aromatic rings. The van der Waals surface area contributed by atoms with Gasteiger partial charge in [0.05, 0.1) is 11.7 Å². The molecule has 0 fully saturated rings. The van der Waals surface area contributed by atoms with Crippen LogP contribution in [0.25, 0.3) is 0 Å². The molecule has 1 heterocycles. The van der Waals surface area contributed by atoms with Gasteiger partial charge in [-0.2, -0.15) is 0 Å². The van der Waals surface area contributed by atoms with Crippen LogP contribution in [0.1, 0.15) is 37.8 Å². The average molecular weight is 194 g/mol. The summed E-state index contributed by atoms with van der Waals surface area (Å²) in [5.41, 5.74) is 3.77. The topological polar surface area (TPSA) is 63.8 Å². The first-order valence-electron chi connectivity index (χ1n) is 4.94. The van der Waals surface area contributed by atoms with E-state index >= 15 is 0 Å². The van der Waals surface area contributed by atoms with Crippen molar-refractivity contribution < 1.29 is 0 Å². The van der Waals surface area contributed by atoms with Crippen LogP contribution in [0.4, 0.5) is 0 Å². The predicted molar refractivity (Wildman–Crippen MR) is 56.3 cm³/mol. The highest BCUT2D eigenvalue weighted by molar-refractivity contribution is 5.07. The van der Waals surface area contributed by atoms with Crippen molar-refractivity contribution in [3.8, 4) is 0 Å². The minimum Gasteiger partial charge on any atom is -0.271 e. The highest BCUT2D eigenvalue weighted by Crippen LogP contribution is 2.21. The zero-order valence-corrected chi connectivity index (χ0v) is 8.99. The minimum atomic E-state index is 0.113. The molecule has 0 radical (unpaired) electrons. The summed E-state index contributed by atoms with van der Waals surface area (Å²) >= 11 is 0. The van der Waals surface area contributed by atoms with E-state index in [0.717, 1.165) is 17.9 Å². The molecule has 0 aliphatic rings. The van der Waals surface area contributed by atoms with Gasteiger partial charge in [-0.05, 0) is 18.9 Å². The Labute approximate surface area is 84.9 Å². The Morgan fingerprint density at radius 3 is 2.79 bits per heavy atom. The van der Waals surface area contributed by atoms with Gasteiger partial charge in [0.25, 0.3) is 0 Å². The molecule has 4 heteroatoms. The van der Waals surface area contributed by atoms with E-state index in [0.29, 0.717) is 5.92 Å². The molecule has 3 N–H and O–H groups in total. The Hall–Kier alpha value is -1.00. The Balaban J connectivity index is 2.89. The van der Waals surface area contributed by atoms with Crippen molar-refractivity contribution in [3.05, 3.63) is 23.8 Å². The van der Waals surface area contributed by atoms with Crippen LogP contribution in [0.5, 0.6) is 0 Å². The van der Waals surface area contributed by atoms with Crippen molar-refractivity contribution in [1.82, 2.24) is 15.4 Å². The maximum atomic E-state index is 5.52. The van der Waals surface area contributed by atoms with Crippen molar-refractivity contribution in [2.45, 2.75) is 33.2 Å². The summed E-state index contributed by atoms with van der Waals surface area (Å²) in [4.78, 5) is 8.42. The second-order valence-corrected chi connectivity index (χ2v) is 3.56. The number of rotatable bonds is 4. The third kappa shape index (κ3) is 2.49. The Bertz CT molecular complexity index is 287. The summed E-state index contributed by atoms with van der Waals surface area (Å²) in [5, 5.41) is 0. The summed E-state index contributed by atoms with van der Waals surface area (Å²) in [6.07, 6.45) is 2.84. The predicted octanol–water partition coefficient (Wildman–Crippen LogP) is 1.34. The highest BCUT2D eigenvalue weighted by atomic mass is 15.2. The van der Waals surface area contributed by atoms with Gasteiger partial charge >= 0.3 is 0 Å². The monoisotopic (exact) mass is 194 g/mol. The lowest BCUT2D eigenvalue weighted by atomic mass is 9.97. The number of hydrogen-bond acceptors (Lipinski definition) is 4. The first-order chi connectivity index (χ1) is 6.69. The molecule has 0 saturated carbocycles. The van der Waals surface area contributed by atoms with Crippen LogP contribution in [0.15, 0.2) is 12.3 Å². The number of nitrogens with zero attached hydrogens (tertiary/aromatic N) is 2. The second-order valence-electron chi connectivity index (χ2n) is 3.56. The van der Waals surface area contributed by atoms with Gasteiger partial charge in [-0.15, -0.1) is 0 Å². The van der Waals surface area contributed by atoms with Crippen molar-refractivity contribution in [2.75, 3.05) is 0 Å². The van der Waals surface area contributed by atoms with E-state index in [-0.39, 0.29) is 6.04 Å². The van der Waals surface area contributed by atoms with Crippen LogP contribution < -0.4 is 11.3 Å². The number of hydrazine groups is 1. The van der Waals surface area contributed by atoms with Gasteiger partial charge in [0.2, 0.25) is 0 Å². The van der Waals surface area contributed by atoms with Crippen LogP contribution >= 0.6 is 0 Å². The Kier molecular flexibility index (Phi) is 3.98. The van der Waals surface area contributed by atoms with Gasteiger partial charge in [-0.3, -0.25) is 11.3 Å². The molecule has 0 bridgehead atoms. The van der Waals surface area contributed by atoms with Crippen LogP contribution in [0.3, 0.4) is 0 Å². The molecule has 1 aromatic heterocycles. The van der Waals surface area contributed by atoms with Crippen LogP contribution in [0.2, 0.25) is 0 Å². The molecule has 0 aliphatic carbocycles.